The molecular weight excluding hydrogens is 294 g/mol. The Bertz CT molecular complexity index is 533. The maximum Gasteiger partial charge on any atom is 0.305 e. The molecule has 0 radical (unpaired) electrons. The third-order valence-electron chi connectivity index (χ3n) is 4.03. The van der Waals surface area contributed by atoms with E-state index in [-0.39, 0.29) is 30.8 Å². The fourth-order valence-electron chi connectivity index (χ4n) is 2.75. The van der Waals surface area contributed by atoms with E-state index < -0.39 is 5.97 Å². The molecule has 0 aliphatic carbocycles. The Balaban J connectivity index is 3.01. The quantitative estimate of drug-likeness (QED) is 0.757. The minimum absolute atomic E-state index is 0.0435. The molecule has 0 saturated carbocycles. The number of hydrogen-bond acceptors (Lipinski definition) is 3. The largest absolute Gasteiger partial charge is 0.481 e. The molecule has 0 saturated heterocycles. The monoisotopic (exact) mass is 323 g/mol. The van der Waals surface area contributed by atoms with Crippen molar-refractivity contribution >= 4 is 11.9 Å². The number of carboxylic acid groups (broad SMARTS) is 1. The maximum atomic E-state index is 12.8. The molecular formula is C17H29N3O3. The van der Waals surface area contributed by atoms with Gasteiger partial charge in [0, 0.05) is 18.8 Å². The maximum absolute atomic E-state index is 12.8. The third kappa shape index (κ3) is 5.08. The molecule has 0 unspecified atom stereocenters. The van der Waals surface area contributed by atoms with Crippen LogP contribution in [0, 0.1) is 12.8 Å². The molecule has 1 amide bonds. The first-order valence-corrected chi connectivity index (χ1v) is 8.36. The molecule has 23 heavy (non-hydrogen) atoms. The van der Waals surface area contributed by atoms with Gasteiger partial charge in [0.25, 0.3) is 5.91 Å². The van der Waals surface area contributed by atoms with Gasteiger partial charge in [-0.15, -0.1) is 0 Å². The van der Waals surface area contributed by atoms with E-state index in [0.29, 0.717) is 12.1 Å². The summed E-state index contributed by atoms with van der Waals surface area (Å²) < 4.78 is 1.91. The number of rotatable bonds is 9. The summed E-state index contributed by atoms with van der Waals surface area (Å²) in [5, 5.41) is 13.3. The minimum atomic E-state index is -0.893. The number of aromatic nitrogens is 2. The summed E-state index contributed by atoms with van der Waals surface area (Å²) in [4.78, 5) is 25.3. The second-order valence-corrected chi connectivity index (χ2v) is 6.35. The van der Waals surface area contributed by atoms with Crippen LogP contribution in [0.4, 0.5) is 0 Å². The predicted molar refractivity (Wildman–Crippen MR) is 89.6 cm³/mol. The zero-order valence-corrected chi connectivity index (χ0v) is 14.9. The van der Waals surface area contributed by atoms with E-state index in [4.69, 9.17) is 5.11 Å². The Hall–Kier alpha value is -1.85. The van der Waals surface area contributed by atoms with Crippen molar-refractivity contribution in [3.63, 3.8) is 0 Å². The Morgan fingerprint density at radius 2 is 1.91 bits per heavy atom. The summed E-state index contributed by atoms with van der Waals surface area (Å²) in [5.74, 6) is -0.743. The number of amides is 1. The number of aliphatic carboxylic acids is 1. The molecule has 6 nitrogen and oxygen atoms in total. The van der Waals surface area contributed by atoms with E-state index in [0.717, 1.165) is 18.5 Å². The second kappa shape index (κ2) is 8.70. The first kappa shape index (κ1) is 19.2. The zero-order valence-electron chi connectivity index (χ0n) is 14.9. The van der Waals surface area contributed by atoms with E-state index in [1.807, 2.05) is 25.5 Å². The lowest BCUT2D eigenvalue weighted by Crippen LogP contribution is -2.36. The average Bonchev–Trinajstić information content (AvgIpc) is 2.85. The lowest BCUT2D eigenvalue weighted by molar-refractivity contribution is -0.137. The summed E-state index contributed by atoms with van der Waals surface area (Å²) in [5.41, 5.74) is 1.43. The molecule has 0 bridgehead atoms. The van der Waals surface area contributed by atoms with Crippen molar-refractivity contribution in [2.45, 2.75) is 59.9 Å². The molecule has 130 valence electrons. The van der Waals surface area contributed by atoms with Gasteiger partial charge in [-0.2, -0.15) is 5.10 Å². The van der Waals surface area contributed by atoms with Crippen molar-refractivity contribution in [2.24, 2.45) is 5.92 Å². The lowest BCUT2D eigenvalue weighted by Gasteiger charge is -2.24. The van der Waals surface area contributed by atoms with Crippen LogP contribution in [-0.2, 0) is 4.79 Å². The normalized spacial score (nSPS) is 11.3. The molecule has 0 fully saturated rings. The molecule has 1 rings (SSSR count). The van der Waals surface area contributed by atoms with Crippen molar-refractivity contribution in [3.05, 3.63) is 17.5 Å². The molecule has 1 heterocycles. The van der Waals surface area contributed by atoms with Crippen LogP contribution in [0.15, 0.2) is 6.20 Å². The smallest absolute Gasteiger partial charge is 0.305 e. The summed E-state index contributed by atoms with van der Waals surface area (Å²) in [6.45, 7) is 10.9. The van der Waals surface area contributed by atoms with Crippen molar-refractivity contribution in [3.8, 4) is 0 Å². The molecule has 1 aromatic rings. The van der Waals surface area contributed by atoms with Gasteiger partial charge in [0.15, 0.2) is 0 Å². The molecule has 0 aliphatic heterocycles. The summed E-state index contributed by atoms with van der Waals surface area (Å²) in [6, 6.07) is 0.286. The fourth-order valence-corrected chi connectivity index (χ4v) is 2.75. The van der Waals surface area contributed by atoms with E-state index in [2.05, 4.69) is 18.9 Å². The van der Waals surface area contributed by atoms with Crippen molar-refractivity contribution in [2.75, 3.05) is 13.1 Å². The van der Waals surface area contributed by atoms with Gasteiger partial charge in [-0.3, -0.25) is 14.3 Å². The van der Waals surface area contributed by atoms with Crippen molar-refractivity contribution in [1.82, 2.24) is 14.7 Å². The van der Waals surface area contributed by atoms with Gasteiger partial charge in [-0.25, -0.2) is 0 Å². The Morgan fingerprint density at radius 3 is 2.39 bits per heavy atom. The highest BCUT2D eigenvalue weighted by atomic mass is 16.4. The van der Waals surface area contributed by atoms with Crippen LogP contribution in [0.2, 0.25) is 0 Å². The van der Waals surface area contributed by atoms with Gasteiger partial charge < -0.3 is 10.0 Å². The van der Waals surface area contributed by atoms with Crippen LogP contribution in [0.25, 0.3) is 0 Å². The molecule has 1 aromatic heterocycles. The highest BCUT2D eigenvalue weighted by molar-refractivity contribution is 5.95. The van der Waals surface area contributed by atoms with Crippen LogP contribution >= 0.6 is 0 Å². The Morgan fingerprint density at radius 1 is 1.30 bits per heavy atom. The Labute approximate surface area is 138 Å². The second-order valence-electron chi connectivity index (χ2n) is 6.35. The Kier molecular flexibility index (Phi) is 7.26. The molecule has 0 aliphatic rings. The highest BCUT2D eigenvalue weighted by Crippen LogP contribution is 2.20. The lowest BCUT2D eigenvalue weighted by atomic mass is 10.1. The number of carboxylic acids is 1. The van der Waals surface area contributed by atoms with Gasteiger partial charge in [-0.1, -0.05) is 27.7 Å². The van der Waals surface area contributed by atoms with Gasteiger partial charge >= 0.3 is 5.97 Å². The molecule has 0 aromatic carbocycles. The van der Waals surface area contributed by atoms with E-state index >= 15 is 0 Å². The van der Waals surface area contributed by atoms with Gasteiger partial charge in [-0.05, 0) is 25.7 Å². The van der Waals surface area contributed by atoms with E-state index in [1.54, 1.807) is 11.1 Å². The van der Waals surface area contributed by atoms with E-state index in [1.165, 1.54) is 0 Å². The van der Waals surface area contributed by atoms with Crippen LogP contribution in [0.5, 0.6) is 0 Å². The standard InChI is InChI=1S/C17H29N3O3/c1-6-14(7-2)20-13(5)15(10-18-20)17(23)19(11-12(3)4)9-8-16(21)22/h10,12,14H,6-9,11H2,1-5H3,(H,21,22). The van der Waals surface area contributed by atoms with Crippen LogP contribution in [-0.4, -0.2) is 44.8 Å². The summed E-state index contributed by atoms with van der Waals surface area (Å²) in [7, 11) is 0. The zero-order chi connectivity index (χ0) is 17.6. The average molecular weight is 323 g/mol. The number of nitrogens with zero attached hydrogens (tertiary/aromatic N) is 3. The van der Waals surface area contributed by atoms with Crippen molar-refractivity contribution in [1.29, 1.82) is 0 Å². The van der Waals surface area contributed by atoms with Gasteiger partial charge in [0.2, 0.25) is 0 Å². The van der Waals surface area contributed by atoms with Crippen LogP contribution in [0.3, 0.4) is 0 Å². The predicted octanol–water partition coefficient (Wildman–Crippen LogP) is 3.13. The number of carbonyl (C=O) groups excluding carboxylic acids is 1. The first-order valence-electron chi connectivity index (χ1n) is 8.36. The third-order valence-corrected chi connectivity index (χ3v) is 4.03. The number of carbonyl (C=O) groups is 2. The number of hydrogen-bond donors (Lipinski definition) is 1. The molecule has 6 heteroatoms. The van der Waals surface area contributed by atoms with E-state index in [9.17, 15) is 9.59 Å². The first-order chi connectivity index (χ1) is 10.8. The van der Waals surface area contributed by atoms with Gasteiger partial charge in [0.1, 0.15) is 0 Å². The van der Waals surface area contributed by atoms with Crippen LogP contribution in [0.1, 0.15) is 69.1 Å². The van der Waals surface area contributed by atoms with Gasteiger partial charge in [0.05, 0.1) is 24.2 Å². The fraction of sp³-hybridized carbons (Fsp3) is 0.706. The topological polar surface area (TPSA) is 75.4 Å². The molecule has 1 N–H and O–H groups in total. The van der Waals surface area contributed by atoms with Crippen LogP contribution < -0.4 is 0 Å². The SMILES string of the molecule is CCC(CC)n1ncc(C(=O)N(CCC(=O)O)CC(C)C)c1C. The minimum Gasteiger partial charge on any atom is -0.481 e. The van der Waals surface area contributed by atoms with Crippen molar-refractivity contribution < 1.29 is 14.7 Å². The molecule has 0 spiro atoms. The summed E-state index contributed by atoms with van der Waals surface area (Å²) in [6.07, 6.45) is 3.49. The highest BCUT2D eigenvalue weighted by Gasteiger charge is 2.23. The summed E-state index contributed by atoms with van der Waals surface area (Å²) >= 11 is 0. The molecule has 0 atom stereocenters.